The zero-order valence-electron chi connectivity index (χ0n) is 12.6. The Morgan fingerprint density at radius 3 is 2.54 bits per heavy atom. The van der Waals surface area contributed by atoms with Crippen LogP contribution in [-0.2, 0) is 6.54 Å². The Hall–Kier alpha value is -2.80. The van der Waals surface area contributed by atoms with E-state index in [1.54, 1.807) is 12.3 Å². The van der Waals surface area contributed by atoms with Gasteiger partial charge in [-0.1, -0.05) is 24.3 Å². The molecule has 122 valence electrons. The summed E-state index contributed by atoms with van der Waals surface area (Å²) in [5.74, 6) is 0.801. The van der Waals surface area contributed by atoms with Crippen molar-refractivity contribution in [2.45, 2.75) is 6.54 Å². The molecule has 2 aromatic carbocycles. The Morgan fingerprint density at radius 1 is 1.00 bits per heavy atom. The predicted molar refractivity (Wildman–Crippen MR) is 96.6 cm³/mol. The highest BCUT2D eigenvalue weighted by Gasteiger charge is 2.06. The molecule has 0 unspecified atom stereocenters. The lowest BCUT2D eigenvalue weighted by molar-refractivity contribution is 0.403. The average molecular weight is 387 g/mol. The zero-order chi connectivity index (χ0) is 16.9. The fraction of sp³-hybridized carbons (Fsp3) is 0.0588. The molecule has 0 aliphatic heterocycles. The standard InChI is InChI=1S/C17H15BrN4O2/c18-13-10-20-17(21-12-4-2-1-3-5-12)22-16(13)19-9-11-6-7-14(23)15(24)8-11/h1-8,10,23-24H,9H2,(H2,19,20,21,22). The van der Waals surface area contributed by atoms with Crippen LogP contribution in [0, 0.1) is 0 Å². The van der Waals surface area contributed by atoms with Crippen molar-refractivity contribution in [3.8, 4) is 11.5 Å². The lowest BCUT2D eigenvalue weighted by atomic mass is 10.2. The molecule has 3 aromatic rings. The molecule has 3 rings (SSSR count). The minimum atomic E-state index is -0.150. The largest absolute Gasteiger partial charge is 0.504 e. The molecule has 0 amide bonds. The minimum Gasteiger partial charge on any atom is -0.504 e. The van der Waals surface area contributed by atoms with Crippen LogP contribution in [0.2, 0.25) is 0 Å². The summed E-state index contributed by atoms with van der Waals surface area (Å²) >= 11 is 3.41. The van der Waals surface area contributed by atoms with Crippen molar-refractivity contribution < 1.29 is 10.2 Å². The molecule has 0 aliphatic rings. The molecule has 1 heterocycles. The van der Waals surface area contributed by atoms with Crippen LogP contribution in [-0.4, -0.2) is 20.2 Å². The van der Waals surface area contributed by atoms with Crippen molar-refractivity contribution in [3.05, 3.63) is 64.8 Å². The summed E-state index contributed by atoms with van der Waals surface area (Å²) in [5.41, 5.74) is 1.71. The number of aromatic nitrogens is 2. The van der Waals surface area contributed by atoms with Crippen LogP contribution in [0.5, 0.6) is 11.5 Å². The van der Waals surface area contributed by atoms with Crippen LogP contribution in [0.25, 0.3) is 0 Å². The van der Waals surface area contributed by atoms with Gasteiger partial charge in [-0.3, -0.25) is 0 Å². The van der Waals surface area contributed by atoms with E-state index in [1.165, 1.54) is 12.1 Å². The SMILES string of the molecule is Oc1ccc(CNc2nc(Nc3ccccc3)ncc2Br)cc1O. The zero-order valence-corrected chi connectivity index (χ0v) is 14.2. The van der Waals surface area contributed by atoms with Crippen molar-refractivity contribution in [2.24, 2.45) is 0 Å². The quantitative estimate of drug-likeness (QED) is 0.495. The van der Waals surface area contributed by atoms with E-state index in [4.69, 9.17) is 0 Å². The van der Waals surface area contributed by atoms with Gasteiger partial charge >= 0.3 is 0 Å². The van der Waals surface area contributed by atoms with E-state index in [9.17, 15) is 10.2 Å². The van der Waals surface area contributed by atoms with Gasteiger partial charge in [-0.2, -0.15) is 4.98 Å². The van der Waals surface area contributed by atoms with Crippen LogP contribution >= 0.6 is 15.9 Å². The van der Waals surface area contributed by atoms with Gasteiger partial charge < -0.3 is 20.8 Å². The fourth-order valence-electron chi connectivity index (χ4n) is 2.07. The number of hydrogen-bond donors (Lipinski definition) is 4. The van der Waals surface area contributed by atoms with Gasteiger partial charge in [0.25, 0.3) is 0 Å². The summed E-state index contributed by atoms with van der Waals surface area (Å²) in [7, 11) is 0. The maximum Gasteiger partial charge on any atom is 0.229 e. The van der Waals surface area contributed by atoms with Crippen molar-refractivity contribution in [3.63, 3.8) is 0 Å². The van der Waals surface area contributed by atoms with Crippen LogP contribution in [0.1, 0.15) is 5.56 Å². The molecule has 24 heavy (non-hydrogen) atoms. The van der Waals surface area contributed by atoms with E-state index in [0.717, 1.165) is 15.7 Å². The van der Waals surface area contributed by atoms with Crippen molar-refractivity contribution in [2.75, 3.05) is 10.6 Å². The lowest BCUT2D eigenvalue weighted by Crippen LogP contribution is -2.05. The van der Waals surface area contributed by atoms with Gasteiger partial charge in [0.15, 0.2) is 11.5 Å². The molecule has 1 aromatic heterocycles. The number of halogens is 1. The second-order valence-corrected chi connectivity index (χ2v) is 5.91. The second kappa shape index (κ2) is 7.18. The third-order valence-corrected chi connectivity index (χ3v) is 3.85. The van der Waals surface area contributed by atoms with E-state index >= 15 is 0 Å². The summed E-state index contributed by atoms with van der Waals surface area (Å²) in [6, 6.07) is 14.3. The topological polar surface area (TPSA) is 90.3 Å². The van der Waals surface area contributed by atoms with Crippen molar-refractivity contribution in [1.29, 1.82) is 0 Å². The molecule has 0 bridgehead atoms. The van der Waals surface area contributed by atoms with E-state index in [1.807, 2.05) is 30.3 Å². The van der Waals surface area contributed by atoms with Crippen molar-refractivity contribution in [1.82, 2.24) is 9.97 Å². The van der Waals surface area contributed by atoms with Crippen LogP contribution < -0.4 is 10.6 Å². The molecule has 0 fully saturated rings. The Kier molecular flexibility index (Phi) is 4.81. The van der Waals surface area contributed by atoms with E-state index in [2.05, 4.69) is 36.5 Å². The van der Waals surface area contributed by atoms with E-state index in [0.29, 0.717) is 18.3 Å². The molecule has 4 N–H and O–H groups in total. The number of aromatic hydroxyl groups is 2. The van der Waals surface area contributed by atoms with Crippen LogP contribution in [0.4, 0.5) is 17.5 Å². The molecular formula is C17H15BrN4O2. The number of hydrogen-bond acceptors (Lipinski definition) is 6. The molecule has 6 nitrogen and oxygen atoms in total. The summed E-state index contributed by atoms with van der Waals surface area (Å²) in [4.78, 5) is 8.66. The van der Waals surface area contributed by atoms with Crippen LogP contribution in [0.15, 0.2) is 59.2 Å². The van der Waals surface area contributed by atoms with Gasteiger partial charge in [0, 0.05) is 18.4 Å². The number of phenols is 2. The molecule has 0 spiro atoms. The molecule has 0 saturated carbocycles. The van der Waals surface area contributed by atoms with Gasteiger partial charge in [0.1, 0.15) is 5.82 Å². The highest BCUT2D eigenvalue weighted by Crippen LogP contribution is 2.26. The summed E-state index contributed by atoms with van der Waals surface area (Å²) in [5, 5.41) is 25.2. The molecular weight excluding hydrogens is 372 g/mol. The Morgan fingerprint density at radius 2 is 1.79 bits per heavy atom. The first-order valence-corrected chi connectivity index (χ1v) is 8.00. The average Bonchev–Trinajstić information content (AvgIpc) is 2.59. The second-order valence-electron chi connectivity index (χ2n) is 5.06. The first-order chi connectivity index (χ1) is 11.6. The Labute approximate surface area is 147 Å². The molecule has 0 saturated heterocycles. The van der Waals surface area contributed by atoms with Gasteiger partial charge in [0.2, 0.25) is 5.95 Å². The number of nitrogens with zero attached hydrogens (tertiary/aromatic N) is 2. The molecule has 0 radical (unpaired) electrons. The van der Waals surface area contributed by atoms with Gasteiger partial charge in [-0.15, -0.1) is 0 Å². The maximum absolute atomic E-state index is 9.54. The summed E-state index contributed by atoms with van der Waals surface area (Å²) < 4.78 is 0.726. The minimum absolute atomic E-state index is 0.142. The normalized spacial score (nSPS) is 10.4. The van der Waals surface area contributed by atoms with Crippen molar-refractivity contribution >= 4 is 33.4 Å². The third kappa shape index (κ3) is 3.94. The fourth-order valence-corrected chi connectivity index (χ4v) is 2.40. The summed E-state index contributed by atoms with van der Waals surface area (Å²) in [6.45, 7) is 0.439. The third-order valence-electron chi connectivity index (χ3n) is 3.27. The Balaban J connectivity index is 1.73. The van der Waals surface area contributed by atoms with Gasteiger partial charge in [-0.25, -0.2) is 4.98 Å². The number of rotatable bonds is 5. The van der Waals surface area contributed by atoms with Crippen LogP contribution in [0.3, 0.4) is 0 Å². The van der Waals surface area contributed by atoms with Gasteiger partial charge in [-0.05, 0) is 45.8 Å². The Bertz CT molecular complexity index is 843. The van der Waals surface area contributed by atoms with E-state index in [-0.39, 0.29) is 11.5 Å². The first kappa shape index (κ1) is 16.1. The number of phenolic OH excluding ortho intramolecular Hbond substituents is 2. The lowest BCUT2D eigenvalue weighted by Gasteiger charge is -2.10. The monoisotopic (exact) mass is 386 g/mol. The smallest absolute Gasteiger partial charge is 0.229 e. The highest BCUT2D eigenvalue weighted by molar-refractivity contribution is 9.10. The van der Waals surface area contributed by atoms with E-state index < -0.39 is 0 Å². The number of benzene rings is 2. The molecule has 0 aliphatic carbocycles. The number of para-hydroxylation sites is 1. The first-order valence-electron chi connectivity index (χ1n) is 7.21. The summed E-state index contributed by atoms with van der Waals surface area (Å²) in [6.07, 6.45) is 1.66. The number of anilines is 3. The highest BCUT2D eigenvalue weighted by atomic mass is 79.9. The molecule has 0 atom stereocenters. The molecule has 7 heteroatoms. The van der Waals surface area contributed by atoms with Gasteiger partial charge in [0.05, 0.1) is 4.47 Å². The number of nitrogens with one attached hydrogen (secondary N) is 2. The maximum atomic E-state index is 9.54. The predicted octanol–water partition coefficient (Wildman–Crippen LogP) is 4.01.